The summed E-state index contributed by atoms with van der Waals surface area (Å²) in [5, 5.41) is 3.36. The molecule has 3 aromatic carbocycles. The smallest absolute Gasteiger partial charge is 0.185 e. The Morgan fingerprint density at radius 2 is 1.68 bits per heavy atom. The highest BCUT2D eigenvalue weighted by Gasteiger charge is 2.16. The number of allylic oxidation sites excluding steroid dienone is 1. The third kappa shape index (κ3) is 3.21. The van der Waals surface area contributed by atoms with Gasteiger partial charge in [-0.3, -0.25) is 4.79 Å². The molecule has 0 amide bonds. The van der Waals surface area contributed by atoms with Gasteiger partial charge in [0, 0.05) is 20.9 Å². The van der Waals surface area contributed by atoms with Gasteiger partial charge in [-0.15, -0.1) is 0 Å². The van der Waals surface area contributed by atoms with E-state index in [4.69, 9.17) is 0 Å². The zero-order chi connectivity index (χ0) is 17.2. The Kier molecular flexibility index (Phi) is 4.12. The van der Waals surface area contributed by atoms with Gasteiger partial charge in [-0.05, 0) is 48.6 Å². The number of fused-ring (bicyclic) bond motifs is 2. The molecule has 122 valence electrons. The van der Waals surface area contributed by atoms with Crippen molar-refractivity contribution in [2.45, 2.75) is 9.79 Å². The van der Waals surface area contributed by atoms with Crippen LogP contribution in [0.25, 0.3) is 6.08 Å². The van der Waals surface area contributed by atoms with E-state index >= 15 is 0 Å². The molecule has 0 bridgehead atoms. The Morgan fingerprint density at radius 3 is 2.56 bits per heavy atom. The highest BCUT2D eigenvalue weighted by atomic mass is 32.2. The summed E-state index contributed by atoms with van der Waals surface area (Å²) in [6, 6.07) is 20.0. The number of hydrogen-bond donors (Lipinski definition) is 1. The molecule has 3 aromatic rings. The van der Waals surface area contributed by atoms with Gasteiger partial charge in [0.25, 0.3) is 0 Å². The first-order chi connectivity index (χ1) is 12.2. The molecule has 0 saturated carbocycles. The first-order valence-corrected chi connectivity index (χ1v) is 8.67. The maximum atomic E-state index is 13.6. The fourth-order valence-electron chi connectivity index (χ4n) is 2.66. The molecule has 0 unspecified atom stereocenters. The number of carbonyl (C=O) groups excluding carboxylic acids is 1. The number of hydrogen-bond acceptors (Lipinski definition) is 3. The molecule has 1 aliphatic heterocycles. The van der Waals surface area contributed by atoms with Crippen molar-refractivity contribution in [1.82, 2.24) is 0 Å². The van der Waals surface area contributed by atoms with E-state index in [2.05, 4.69) is 11.4 Å². The van der Waals surface area contributed by atoms with E-state index in [9.17, 15) is 9.18 Å². The molecule has 0 aliphatic carbocycles. The lowest BCUT2D eigenvalue weighted by atomic mass is 10.1. The van der Waals surface area contributed by atoms with E-state index in [-0.39, 0.29) is 11.6 Å². The van der Waals surface area contributed by atoms with Crippen molar-refractivity contribution in [2.75, 3.05) is 5.32 Å². The van der Waals surface area contributed by atoms with Crippen LogP contribution >= 0.6 is 11.8 Å². The molecule has 25 heavy (non-hydrogen) atoms. The predicted molar refractivity (Wildman–Crippen MR) is 100 cm³/mol. The van der Waals surface area contributed by atoms with Crippen LogP contribution in [0.3, 0.4) is 0 Å². The summed E-state index contributed by atoms with van der Waals surface area (Å²) < 4.78 is 13.6. The number of ketones is 1. The average Bonchev–Trinajstić information content (AvgIpc) is 2.65. The minimum atomic E-state index is -0.341. The lowest BCUT2D eigenvalue weighted by molar-refractivity contribution is 0.104. The van der Waals surface area contributed by atoms with Crippen LogP contribution < -0.4 is 5.32 Å². The Bertz CT molecular complexity index is 997. The van der Waals surface area contributed by atoms with Crippen molar-refractivity contribution in [1.29, 1.82) is 0 Å². The molecule has 0 aromatic heterocycles. The Labute approximate surface area is 149 Å². The first-order valence-electron chi connectivity index (χ1n) is 7.85. The van der Waals surface area contributed by atoms with Gasteiger partial charge in [0.15, 0.2) is 5.78 Å². The predicted octanol–water partition coefficient (Wildman–Crippen LogP) is 5.93. The summed E-state index contributed by atoms with van der Waals surface area (Å²) in [5.41, 5.74) is 2.91. The van der Waals surface area contributed by atoms with Crippen LogP contribution in [0.5, 0.6) is 0 Å². The highest BCUT2D eigenvalue weighted by Crippen LogP contribution is 2.44. The number of carbonyl (C=O) groups is 1. The molecule has 0 saturated heterocycles. The molecule has 0 atom stereocenters. The maximum Gasteiger partial charge on any atom is 0.185 e. The zero-order valence-corrected chi connectivity index (χ0v) is 14.0. The van der Waals surface area contributed by atoms with Gasteiger partial charge in [-0.1, -0.05) is 42.1 Å². The molecule has 0 spiro atoms. The molecule has 1 aliphatic rings. The zero-order valence-electron chi connectivity index (χ0n) is 13.2. The van der Waals surface area contributed by atoms with Crippen LogP contribution in [-0.4, -0.2) is 5.78 Å². The summed E-state index contributed by atoms with van der Waals surface area (Å²) in [5.74, 6) is -0.497. The number of anilines is 2. The van der Waals surface area contributed by atoms with Crippen LogP contribution in [0.15, 0.2) is 82.6 Å². The van der Waals surface area contributed by atoms with Crippen LogP contribution in [0.1, 0.15) is 15.9 Å². The monoisotopic (exact) mass is 347 g/mol. The lowest BCUT2D eigenvalue weighted by Gasteiger charge is -2.20. The Hall–Kier alpha value is -2.85. The van der Waals surface area contributed by atoms with Crippen molar-refractivity contribution >= 4 is 35.0 Å². The number of benzene rings is 3. The van der Waals surface area contributed by atoms with Gasteiger partial charge in [-0.2, -0.15) is 0 Å². The third-order valence-electron chi connectivity index (χ3n) is 3.96. The number of halogens is 1. The van der Waals surface area contributed by atoms with Gasteiger partial charge in [-0.25, -0.2) is 4.39 Å². The van der Waals surface area contributed by atoms with E-state index < -0.39 is 0 Å². The van der Waals surface area contributed by atoms with Gasteiger partial charge < -0.3 is 5.32 Å². The van der Waals surface area contributed by atoms with Crippen LogP contribution in [0.2, 0.25) is 0 Å². The second kappa shape index (κ2) is 6.57. The SMILES string of the molecule is O=C(C=Cc1ccccc1F)c1ccc2c(c1)Nc1ccccc1S2. The molecule has 4 heteroatoms. The van der Waals surface area contributed by atoms with Crippen LogP contribution in [-0.2, 0) is 0 Å². The summed E-state index contributed by atoms with van der Waals surface area (Å²) in [7, 11) is 0. The quantitative estimate of drug-likeness (QED) is 0.368. The van der Waals surface area contributed by atoms with Gasteiger partial charge in [0.2, 0.25) is 0 Å². The molecular formula is C21H14FNOS. The van der Waals surface area contributed by atoms with Gasteiger partial charge in [0.1, 0.15) is 5.82 Å². The summed E-state index contributed by atoms with van der Waals surface area (Å²) in [6.07, 6.45) is 2.92. The Morgan fingerprint density at radius 1 is 0.920 bits per heavy atom. The van der Waals surface area contributed by atoms with Crippen LogP contribution in [0, 0.1) is 5.82 Å². The highest BCUT2D eigenvalue weighted by molar-refractivity contribution is 7.99. The summed E-state index contributed by atoms with van der Waals surface area (Å²) >= 11 is 1.67. The summed E-state index contributed by atoms with van der Waals surface area (Å²) in [4.78, 5) is 14.7. The van der Waals surface area contributed by atoms with E-state index in [0.717, 1.165) is 21.2 Å². The number of para-hydroxylation sites is 1. The average molecular weight is 347 g/mol. The number of nitrogens with one attached hydrogen (secondary N) is 1. The fourth-order valence-corrected chi connectivity index (χ4v) is 3.63. The molecule has 2 nitrogen and oxygen atoms in total. The fraction of sp³-hybridized carbons (Fsp3) is 0. The van der Waals surface area contributed by atoms with E-state index in [1.165, 1.54) is 18.2 Å². The van der Waals surface area contributed by atoms with Crippen molar-refractivity contribution in [3.8, 4) is 0 Å². The van der Waals surface area contributed by atoms with E-state index in [1.54, 1.807) is 36.0 Å². The molecule has 0 fully saturated rings. The largest absolute Gasteiger partial charge is 0.354 e. The van der Waals surface area contributed by atoms with Gasteiger partial charge >= 0.3 is 0 Å². The normalized spacial score (nSPS) is 12.4. The second-order valence-corrected chi connectivity index (χ2v) is 6.74. The molecule has 1 N–H and O–H groups in total. The molecule has 4 rings (SSSR count). The van der Waals surface area contributed by atoms with Crippen molar-refractivity contribution in [2.24, 2.45) is 0 Å². The third-order valence-corrected chi connectivity index (χ3v) is 5.11. The van der Waals surface area contributed by atoms with Crippen molar-refractivity contribution in [3.63, 3.8) is 0 Å². The lowest BCUT2D eigenvalue weighted by Crippen LogP contribution is -2.02. The molecule has 0 radical (unpaired) electrons. The van der Waals surface area contributed by atoms with Crippen molar-refractivity contribution < 1.29 is 9.18 Å². The molecule has 1 heterocycles. The minimum absolute atomic E-state index is 0.156. The second-order valence-electron chi connectivity index (χ2n) is 5.65. The summed E-state index contributed by atoms with van der Waals surface area (Å²) in [6.45, 7) is 0. The van der Waals surface area contributed by atoms with Crippen LogP contribution in [0.4, 0.5) is 15.8 Å². The van der Waals surface area contributed by atoms with E-state index in [0.29, 0.717) is 11.1 Å². The minimum Gasteiger partial charge on any atom is -0.354 e. The van der Waals surface area contributed by atoms with Gasteiger partial charge in [0.05, 0.1) is 11.4 Å². The number of rotatable bonds is 3. The topological polar surface area (TPSA) is 29.1 Å². The first kappa shape index (κ1) is 15.7. The maximum absolute atomic E-state index is 13.6. The van der Waals surface area contributed by atoms with Crippen molar-refractivity contribution in [3.05, 3.63) is 89.8 Å². The standard InChI is InChI=1S/C21H14FNOS/c22-16-6-2-1-5-14(16)9-11-19(24)15-10-12-21-18(13-15)23-17-7-3-4-8-20(17)25-21/h1-13,23H. The van der Waals surface area contributed by atoms with E-state index in [1.807, 2.05) is 30.3 Å². The molecular weight excluding hydrogens is 333 g/mol. The Balaban J connectivity index is 1.58.